The second-order valence-electron chi connectivity index (χ2n) is 4.40. The van der Waals surface area contributed by atoms with Crippen LogP contribution in [0.1, 0.15) is 38.5 Å². The summed E-state index contributed by atoms with van der Waals surface area (Å²) in [5.41, 5.74) is 0. The second kappa shape index (κ2) is 2.42. The lowest BCUT2D eigenvalue weighted by Gasteiger charge is -2.20. The molecule has 2 bridgehead atoms. The Hall–Kier alpha value is 0.350. The van der Waals surface area contributed by atoms with Crippen LogP contribution in [0.3, 0.4) is 0 Å². The van der Waals surface area contributed by atoms with Gasteiger partial charge in [0.2, 0.25) is 0 Å². The van der Waals surface area contributed by atoms with Gasteiger partial charge in [-0.05, 0) is 37.5 Å². The zero-order chi connectivity index (χ0) is 7.26. The minimum absolute atomic E-state index is 1.10. The van der Waals surface area contributed by atoms with E-state index >= 15 is 0 Å². The van der Waals surface area contributed by atoms with Gasteiger partial charge in [-0.15, -0.1) is 0 Å². The van der Waals surface area contributed by atoms with Gasteiger partial charge in [-0.3, -0.25) is 0 Å². The zero-order valence-corrected chi connectivity index (χ0v) is 7.78. The predicted octanol–water partition coefficient (Wildman–Crippen LogP) is 3.07. The van der Waals surface area contributed by atoms with Crippen molar-refractivity contribution in [3.63, 3.8) is 0 Å². The Morgan fingerprint density at radius 1 is 0.727 bits per heavy atom. The van der Waals surface area contributed by atoms with E-state index in [1.807, 2.05) is 0 Å². The fourth-order valence-corrected chi connectivity index (χ4v) is 5.59. The highest BCUT2D eigenvalue weighted by atomic mass is 32.2. The highest BCUT2D eigenvalue weighted by molar-refractivity contribution is 8.00. The van der Waals surface area contributed by atoms with Gasteiger partial charge in [-0.1, -0.05) is 12.8 Å². The van der Waals surface area contributed by atoms with Crippen molar-refractivity contribution in [1.29, 1.82) is 0 Å². The topological polar surface area (TPSA) is 0 Å². The third kappa shape index (κ3) is 0.898. The number of hydrogen-bond acceptors (Lipinski definition) is 1. The van der Waals surface area contributed by atoms with E-state index in [4.69, 9.17) is 0 Å². The van der Waals surface area contributed by atoms with Crippen LogP contribution in [-0.4, -0.2) is 10.5 Å². The Bertz CT molecular complexity index is 150. The first-order valence-corrected chi connectivity index (χ1v) is 6.05. The largest absolute Gasteiger partial charge is 0.155 e. The number of fused-ring (bicyclic) bond motifs is 5. The van der Waals surface area contributed by atoms with Crippen LogP contribution in [0, 0.1) is 11.8 Å². The summed E-state index contributed by atoms with van der Waals surface area (Å²) in [6, 6.07) is 0. The van der Waals surface area contributed by atoms with Gasteiger partial charge in [-0.25, -0.2) is 0 Å². The van der Waals surface area contributed by atoms with Gasteiger partial charge in [0.05, 0.1) is 0 Å². The average Bonchev–Trinajstić information content (AvgIpc) is 2.58. The molecule has 3 rings (SSSR count). The van der Waals surface area contributed by atoms with E-state index in [-0.39, 0.29) is 0 Å². The molecule has 0 aromatic carbocycles. The maximum absolute atomic E-state index is 2.34. The Labute approximate surface area is 73.1 Å². The third-order valence-corrected chi connectivity index (χ3v) is 5.78. The molecule has 11 heavy (non-hydrogen) atoms. The van der Waals surface area contributed by atoms with Gasteiger partial charge in [0.15, 0.2) is 0 Å². The molecule has 3 aliphatic rings. The summed E-state index contributed by atoms with van der Waals surface area (Å²) >= 11 is 2.34. The molecule has 0 radical (unpaired) electrons. The predicted molar refractivity (Wildman–Crippen MR) is 49.8 cm³/mol. The maximum Gasteiger partial charge on any atom is 0.00812 e. The summed E-state index contributed by atoms with van der Waals surface area (Å²) in [6.07, 6.45) is 9.31. The fraction of sp³-hybridized carbons (Fsp3) is 1.00. The smallest absolute Gasteiger partial charge is 0.00812 e. The van der Waals surface area contributed by atoms with E-state index in [9.17, 15) is 0 Å². The van der Waals surface area contributed by atoms with Crippen molar-refractivity contribution < 1.29 is 0 Å². The van der Waals surface area contributed by atoms with Gasteiger partial charge >= 0.3 is 0 Å². The Morgan fingerprint density at radius 2 is 1.27 bits per heavy atom. The summed E-state index contributed by atoms with van der Waals surface area (Å²) in [5.74, 6) is 2.32. The van der Waals surface area contributed by atoms with Crippen molar-refractivity contribution in [2.75, 3.05) is 0 Å². The van der Waals surface area contributed by atoms with Crippen LogP contribution in [0.2, 0.25) is 0 Å². The molecule has 0 aromatic rings. The van der Waals surface area contributed by atoms with Crippen molar-refractivity contribution in [3.05, 3.63) is 0 Å². The van der Waals surface area contributed by atoms with Crippen molar-refractivity contribution in [2.45, 2.75) is 49.0 Å². The summed E-state index contributed by atoms with van der Waals surface area (Å²) in [6.45, 7) is 0. The highest BCUT2D eigenvalue weighted by Gasteiger charge is 2.47. The van der Waals surface area contributed by atoms with Gasteiger partial charge in [0.25, 0.3) is 0 Å². The quantitative estimate of drug-likeness (QED) is 0.535. The number of hydrogen-bond donors (Lipinski definition) is 0. The van der Waals surface area contributed by atoms with E-state index < -0.39 is 0 Å². The fourth-order valence-electron chi connectivity index (χ4n) is 3.45. The summed E-state index contributed by atoms with van der Waals surface area (Å²) in [5, 5.41) is 2.20. The maximum atomic E-state index is 2.34. The normalized spacial score (nSPS) is 54.5. The Morgan fingerprint density at radius 3 is 1.91 bits per heavy atom. The van der Waals surface area contributed by atoms with Crippen molar-refractivity contribution >= 4 is 11.8 Å². The molecular formula is C10H16S. The number of thioether (sulfide) groups is 1. The van der Waals surface area contributed by atoms with Gasteiger partial charge in [-0.2, -0.15) is 11.8 Å². The molecule has 2 heterocycles. The van der Waals surface area contributed by atoms with Crippen LogP contribution in [-0.2, 0) is 0 Å². The van der Waals surface area contributed by atoms with Crippen LogP contribution in [0.4, 0.5) is 0 Å². The second-order valence-corrected chi connectivity index (χ2v) is 5.89. The van der Waals surface area contributed by atoms with E-state index in [0.29, 0.717) is 0 Å². The van der Waals surface area contributed by atoms with Gasteiger partial charge in [0, 0.05) is 10.5 Å². The van der Waals surface area contributed by atoms with Crippen LogP contribution >= 0.6 is 11.8 Å². The molecule has 0 aromatic heterocycles. The zero-order valence-electron chi connectivity index (χ0n) is 6.96. The molecule has 3 fully saturated rings. The van der Waals surface area contributed by atoms with Crippen LogP contribution in [0.15, 0.2) is 0 Å². The molecule has 4 atom stereocenters. The van der Waals surface area contributed by atoms with Crippen molar-refractivity contribution in [3.8, 4) is 0 Å². The summed E-state index contributed by atoms with van der Waals surface area (Å²) < 4.78 is 0. The lowest BCUT2D eigenvalue weighted by atomic mass is 9.92. The molecule has 0 nitrogen and oxygen atoms in total. The van der Waals surface area contributed by atoms with Crippen molar-refractivity contribution in [2.24, 2.45) is 11.8 Å². The van der Waals surface area contributed by atoms with E-state index in [2.05, 4.69) is 11.8 Å². The minimum atomic E-state index is 1.10. The number of rotatable bonds is 0. The Kier molecular flexibility index (Phi) is 1.50. The van der Waals surface area contributed by atoms with Gasteiger partial charge < -0.3 is 0 Å². The van der Waals surface area contributed by atoms with E-state index in [0.717, 1.165) is 22.3 Å². The van der Waals surface area contributed by atoms with E-state index in [1.54, 1.807) is 32.1 Å². The van der Waals surface area contributed by atoms with Crippen molar-refractivity contribution in [1.82, 2.24) is 0 Å². The standard InChI is InChI=1S/C10H16S/c1-3-7-8(4-1)10-6-2-5-9(7)11-10/h7-10H,1-6H2. The molecule has 0 spiro atoms. The molecule has 62 valence electrons. The summed E-state index contributed by atoms with van der Waals surface area (Å²) in [7, 11) is 0. The lowest BCUT2D eigenvalue weighted by molar-refractivity contribution is 0.413. The summed E-state index contributed by atoms with van der Waals surface area (Å²) in [4.78, 5) is 0. The van der Waals surface area contributed by atoms with Crippen LogP contribution in [0.5, 0.6) is 0 Å². The lowest BCUT2D eigenvalue weighted by Crippen LogP contribution is -2.12. The van der Waals surface area contributed by atoms with Crippen LogP contribution < -0.4 is 0 Å². The molecule has 4 unspecified atom stereocenters. The molecule has 1 saturated carbocycles. The first-order chi connectivity index (χ1) is 5.45. The molecule has 0 amide bonds. The van der Waals surface area contributed by atoms with Crippen LogP contribution in [0.25, 0.3) is 0 Å². The molecular weight excluding hydrogens is 152 g/mol. The first-order valence-electron chi connectivity index (χ1n) is 5.10. The highest BCUT2D eigenvalue weighted by Crippen LogP contribution is 2.56. The molecule has 1 aliphatic carbocycles. The average molecular weight is 168 g/mol. The third-order valence-electron chi connectivity index (χ3n) is 3.91. The van der Waals surface area contributed by atoms with Gasteiger partial charge in [0.1, 0.15) is 0 Å². The Balaban J connectivity index is 1.88. The minimum Gasteiger partial charge on any atom is -0.155 e. The molecule has 0 N–H and O–H groups in total. The SMILES string of the molecule is C1CC2SC(C1)C1CCCC21. The monoisotopic (exact) mass is 168 g/mol. The molecule has 2 aliphatic heterocycles. The first kappa shape index (κ1) is 6.82. The molecule has 2 saturated heterocycles. The molecule has 1 heteroatoms. The van der Waals surface area contributed by atoms with E-state index in [1.165, 1.54) is 6.42 Å².